The van der Waals surface area contributed by atoms with Crippen molar-refractivity contribution in [3.8, 4) is 11.1 Å². The monoisotopic (exact) mass is 403 g/mol. The number of rotatable bonds is 7. The maximum Gasteiger partial charge on any atom is 0.329 e. The highest BCUT2D eigenvalue weighted by Crippen LogP contribution is 2.31. The maximum absolute atomic E-state index is 13.0. The van der Waals surface area contributed by atoms with E-state index < -0.39 is 16.9 Å². The molecule has 28 heavy (non-hydrogen) atoms. The molecule has 1 aromatic carbocycles. The molecule has 3 aromatic rings. The van der Waals surface area contributed by atoms with Crippen molar-refractivity contribution >= 4 is 33.2 Å². The van der Waals surface area contributed by atoms with E-state index >= 15 is 0 Å². The lowest BCUT2D eigenvalue weighted by Crippen LogP contribution is -2.30. The largest absolute Gasteiger partial charge is 0.462 e. The minimum atomic E-state index is -0.856. The second kappa shape index (κ2) is 8.28. The fourth-order valence-corrected chi connectivity index (χ4v) is 3.56. The fraction of sp³-hybridized carbons (Fsp3) is 0.278. The van der Waals surface area contributed by atoms with Crippen LogP contribution in [0.2, 0.25) is 0 Å². The first kappa shape index (κ1) is 19.6. The summed E-state index contributed by atoms with van der Waals surface area (Å²) >= 11 is 1.29. The van der Waals surface area contributed by atoms with Gasteiger partial charge in [-0.2, -0.15) is 0 Å². The van der Waals surface area contributed by atoms with E-state index in [-0.39, 0.29) is 24.5 Å². The summed E-state index contributed by atoms with van der Waals surface area (Å²) in [5.41, 5.74) is 0.854. The Morgan fingerprint density at radius 1 is 1.32 bits per heavy atom. The Morgan fingerprint density at radius 3 is 2.68 bits per heavy atom. The highest BCUT2D eigenvalue weighted by molar-refractivity contribution is 7.17. The summed E-state index contributed by atoms with van der Waals surface area (Å²) in [6, 6.07) is 5.07. The lowest BCUT2D eigenvalue weighted by atomic mass is 10.1. The predicted molar refractivity (Wildman–Crippen MR) is 104 cm³/mol. The van der Waals surface area contributed by atoms with E-state index in [4.69, 9.17) is 9.47 Å². The molecule has 2 aromatic heterocycles. The molecule has 0 saturated heterocycles. The molecular formula is C18H17N3O6S. The van der Waals surface area contributed by atoms with Crippen molar-refractivity contribution in [3.63, 3.8) is 0 Å². The quantitative estimate of drug-likeness (QED) is 0.258. The van der Waals surface area contributed by atoms with Gasteiger partial charge >= 0.3 is 5.97 Å². The molecule has 2 heterocycles. The molecule has 146 valence electrons. The van der Waals surface area contributed by atoms with Gasteiger partial charge in [-0.1, -0.05) is 0 Å². The van der Waals surface area contributed by atoms with Crippen molar-refractivity contribution in [2.24, 2.45) is 0 Å². The molecule has 3 rings (SSSR count). The second-order valence-corrected chi connectivity index (χ2v) is 6.78. The molecular weight excluding hydrogens is 386 g/mol. The average Bonchev–Trinajstić information content (AvgIpc) is 3.13. The number of nitrogens with zero attached hydrogens (tertiary/aromatic N) is 3. The number of hydrogen-bond donors (Lipinski definition) is 0. The number of carbonyl (C=O) groups excluding carboxylic acids is 1. The van der Waals surface area contributed by atoms with Crippen LogP contribution in [0.4, 0.5) is 5.69 Å². The van der Waals surface area contributed by atoms with Crippen LogP contribution in [-0.4, -0.2) is 40.8 Å². The zero-order valence-electron chi connectivity index (χ0n) is 15.2. The standard InChI is InChI=1S/C18H17N3O6S/c1-11(18(23)27-8-7-26-2)20-10-19-16-15(17(20)22)14(9-28-16)12-3-5-13(6-4-12)21(24)25/h3-6,9-11H,7-8H2,1-2H3. The molecule has 0 aliphatic heterocycles. The van der Waals surface area contributed by atoms with Gasteiger partial charge in [0.1, 0.15) is 17.5 Å². The van der Waals surface area contributed by atoms with Crippen LogP contribution in [0, 0.1) is 10.1 Å². The van der Waals surface area contributed by atoms with E-state index in [0.29, 0.717) is 21.3 Å². The number of nitro groups is 1. The topological polar surface area (TPSA) is 114 Å². The molecule has 1 atom stereocenters. The van der Waals surface area contributed by atoms with Crippen LogP contribution in [0.1, 0.15) is 13.0 Å². The lowest BCUT2D eigenvalue weighted by Gasteiger charge is -2.14. The molecule has 1 unspecified atom stereocenters. The van der Waals surface area contributed by atoms with Gasteiger partial charge in [0, 0.05) is 30.2 Å². The number of aromatic nitrogens is 2. The van der Waals surface area contributed by atoms with Gasteiger partial charge in [-0.15, -0.1) is 11.3 Å². The van der Waals surface area contributed by atoms with E-state index in [0.717, 1.165) is 0 Å². The Morgan fingerprint density at radius 2 is 2.04 bits per heavy atom. The summed E-state index contributed by atoms with van der Waals surface area (Å²) < 4.78 is 11.1. The SMILES string of the molecule is COCCOC(=O)C(C)n1cnc2scc(-c3ccc([N+](=O)[O-])cc3)c2c1=O. The van der Waals surface area contributed by atoms with Gasteiger partial charge in [0.15, 0.2) is 0 Å². The zero-order chi connectivity index (χ0) is 20.3. The molecule has 10 heteroatoms. The normalized spacial score (nSPS) is 12.1. The van der Waals surface area contributed by atoms with Crippen molar-refractivity contribution < 1.29 is 19.2 Å². The summed E-state index contributed by atoms with van der Waals surface area (Å²) in [5.74, 6) is -0.563. The van der Waals surface area contributed by atoms with Crippen molar-refractivity contribution in [3.05, 3.63) is 56.4 Å². The van der Waals surface area contributed by atoms with E-state index in [1.807, 2.05) is 0 Å². The van der Waals surface area contributed by atoms with Crippen molar-refractivity contribution in [2.75, 3.05) is 20.3 Å². The first-order valence-corrected chi connectivity index (χ1v) is 9.20. The first-order chi connectivity index (χ1) is 13.4. The molecule has 0 aliphatic rings. The Balaban J connectivity index is 1.99. The average molecular weight is 403 g/mol. The van der Waals surface area contributed by atoms with E-state index in [1.165, 1.54) is 41.5 Å². The molecule has 0 radical (unpaired) electrons. The molecule has 0 saturated carbocycles. The number of esters is 1. The van der Waals surface area contributed by atoms with Crippen molar-refractivity contribution in [1.29, 1.82) is 0 Å². The third-order valence-electron chi connectivity index (χ3n) is 4.20. The van der Waals surface area contributed by atoms with Crippen LogP contribution >= 0.6 is 11.3 Å². The summed E-state index contributed by atoms with van der Waals surface area (Å²) in [7, 11) is 1.50. The third kappa shape index (κ3) is 3.78. The van der Waals surface area contributed by atoms with Crippen LogP contribution < -0.4 is 5.56 Å². The van der Waals surface area contributed by atoms with Crippen LogP contribution in [0.3, 0.4) is 0 Å². The molecule has 0 spiro atoms. The highest BCUT2D eigenvalue weighted by atomic mass is 32.1. The molecule has 0 fully saturated rings. The highest BCUT2D eigenvalue weighted by Gasteiger charge is 2.21. The van der Waals surface area contributed by atoms with Gasteiger partial charge < -0.3 is 9.47 Å². The van der Waals surface area contributed by atoms with Gasteiger partial charge in [-0.05, 0) is 24.6 Å². The number of nitro benzene ring substituents is 1. The van der Waals surface area contributed by atoms with Crippen molar-refractivity contribution in [2.45, 2.75) is 13.0 Å². The number of ether oxygens (including phenoxy) is 2. The summed E-state index contributed by atoms with van der Waals surface area (Å²) in [6.07, 6.45) is 1.32. The van der Waals surface area contributed by atoms with E-state index in [2.05, 4.69) is 4.98 Å². The molecule has 9 nitrogen and oxygen atoms in total. The summed E-state index contributed by atoms with van der Waals surface area (Å²) in [6.45, 7) is 1.91. The summed E-state index contributed by atoms with van der Waals surface area (Å²) in [4.78, 5) is 40.3. The molecule has 0 bridgehead atoms. The first-order valence-electron chi connectivity index (χ1n) is 8.32. The van der Waals surface area contributed by atoms with E-state index in [9.17, 15) is 19.7 Å². The number of non-ortho nitro benzene ring substituents is 1. The molecule has 0 aliphatic carbocycles. The number of hydrogen-bond acceptors (Lipinski definition) is 8. The number of benzene rings is 1. The number of carbonyl (C=O) groups is 1. The molecule has 0 N–H and O–H groups in total. The van der Waals surface area contributed by atoms with Gasteiger partial charge in [-0.3, -0.25) is 19.5 Å². The number of thiophene rings is 1. The molecule has 0 amide bonds. The zero-order valence-corrected chi connectivity index (χ0v) is 16.0. The Kier molecular flexibility index (Phi) is 5.81. The maximum atomic E-state index is 13.0. The third-order valence-corrected chi connectivity index (χ3v) is 5.08. The number of fused-ring (bicyclic) bond motifs is 1. The lowest BCUT2D eigenvalue weighted by molar-refractivity contribution is -0.384. The van der Waals surface area contributed by atoms with Crippen molar-refractivity contribution in [1.82, 2.24) is 9.55 Å². The Bertz CT molecular complexity index is 1070. The minimum absolute atomic E-state index is 0.0359. The Hall–Kier alpha value is -3.11. The van der Waals surface area contributed by atoms with Crippen LogP contribution in [0.5, 0.6) is 0 Å². The fourth-order valence-electron chi connectivity index (χ4n) is 2.66. The smallest absolute Gasteiger partial charge is 0.329 e. The predicted octanol–water partition coefficient (Wildman–Crippen LogP) is 2.78. The van der Waals surface area contributed by atoms with E-state index in [1.54, 1.807) is 24.4 Å². The van der Waals surface area contributed by atoms with Crippen LogP contribution in [-0.2, 0) is 14.3 Å². The second-order valence-electron chi connectivity index (χ2n) is 5.93. The van der Waals surface area contributed by atoms with Crippen LogP contribution in [0.25, 0.3) is 21.3 Å². The van der Waals surface area contributed by atoms with Gasteiger partial charge in [0.05, 0.1) is 23.2 Å². The Labute approximate surface area is 163 Å². The van der Waals surface area contributed by atoms with Gasteiger partial charge in [-0.25, -0.2) is 9.78 Å². The minimum Gasteiger partial charge on any atom is -0.462 e. The van der Waals surface area contributed by atoms with Crippen LogP contribution in [0.15, 0.2) is 40.8 Å². The number of methoxy groups -OCH3 is 1. The van der Waals surface area contributed by atoms with Gasteiger partial charge in [0.2, 0.25) is 0 Å². The summed E-state index contributed by atoms with van der Waals surface area (Å²) in [5, 5.41) is 13.0. The van der Waals surface area contributed by atoms with Gasteiger partial charge in [0.25, 0.3) is 11.2 Å².